The minimum absolute atomic E-state index is 0.248. The third kappa shape index (κ3) is 5.45. The van der Waals surface area contributed by atoms with Gasteiger partial charge >= 0.3 is 12.1 Å². The quantitative estimate of drug-likeness (QED) is 0.725. The predicted octanol–water partition coefficient (Wildman–Crippen LogP) is 3.02. The van der Waals surface area contributed by atoms with Crippen molar-refractivity contribution < 1.29 is 19.1 Å². The van der Waals surface area contributed by atoms with Crippen molar-refractivity contribution in [1.82, 2.24) is 4.90 Å². The fourth-order valence-corrected chi connectivity index (χ4v) is 1.92. The first-order valence-corrected chi connectivity index (χ1v) is 7.32. The van der Waals surface area contributed by atoms with Gasteiger partial charge in [-0.1, -0.05) is 18.2 Å². The van der Waals surface area contributed by atoms with E-state index in [2.05, 4.69) is 0 Å². The molecule has 1 rings (SSSR count). The number of ether oxygens (including phenoxy) is 2. The zero-order chi connectivity index (χ0) is 15.7. The van der Waals surface area contributed by atoms with Gasteiger partial charge in [-0.3, -0.25) is 4.79 Å². The highest BCUT2D eigenvalue weighted by Crippen LogP contribution is 2.20. The minimum Gasteiger partial charge on any atom is -0.466 e. The van der Waals surface area contributed by atoms with E-state index >= 15 is 0 Å². The summed E-state index contributed by atoms with van der Waals surface area (Å²) in [6, 6.07) is 7.25. The molecular weight excluding hydrogens is 270 g/mol. The summed E-state index contributed by atoms with van der Waals surface area (Å²) in [7, 11) is 0. The zero-order valence-corrected chi connectivity index (χ0v) is 12.9. The van der Waals surface area contributed by atoms with Crippen LogP contribution in [0.5, 0.6) is 5.75 Å². The van der Waals surface area contributed by atoms with Crippen LogP contribution < -0.4 is 4.74 Å². The molecule has 0 atom stereocenters. The topological polar surface area (TPSA) is 55.8 Å². The number of amides is 1. The van der Waals surface area contributed by atoms with E-state index in [1.54, 1.807) is 24.0 Å². The molecule has 0 spiro atoms. The van der Waals surface area contributed by atoms with Gasteiger partial charge in [-0.2, -0.15) is 0 Å². The molecule has 0 aliphatic heterocycles. The standard InChI is InChI=1S/C16H23NO4/c1-4-17(5-2)16(19)21-14-10-8-7-9-13(14)11-12-15(18)20-6-3/h7-10H,4-6,11-12H2,1-3H3. The first kappa shape index (κ1) is 17.0. The molecule has 1 aromatic rings. The maximum absolute atomic E-state index is 12.0. The zero-order valence-electron chi connectivity index (χ0n) is 12.9. The Labute approximate surface area is 125 Å². The molecule has 1 amide bonds. The monoisotopic (exact) mass is 293 g/mol. The normalized spacial score (nSPS) is 10.0. The van der Waals surface area contributed by atoms with E-state index in [0.717, 1.165) is 5.56 Å². The summed E-state index contributed by atoms with van der Waals surface area (Å²) in [5.41, 5.74) is 0.825. The van der Waals surface area contributed by atoms with Crippen LogP contribution >= 0.6 is 0 Å². The molecule has 0 aliphatic rings. The lowest BCUT2D eigenvalue weighted by atomic mass is 10.1. The molecule has 0 heterocycles. The van der Waals surface area contributed by atoms with Crippen LogP contribution in [0, 0.1) is 0 Å². The summed E-state index contributed by atoms with van der Waals surface area (Å²) < 4.78 is 10.3. The fraction of sp³-hybridized carbons (Fsp3) is 0.500. The lowest BCUT2D eigenvalue weighted by molar-refractivity contribution is -0.143. The second-order valence-corrected chi connectivity index (χ2v) is 4.45. The molecule has 5 heteroatoms. The Hall–Kier alpha value is -2.04. The minimum atomic E-state index is -0.372. The third-order valence-electron chi connectivity index (χ3n) is 3.10. The molecule has 5 nitrogen and oxygen atoms in total. The summed E-state index contributed by atoms with van der Waals surface area (Å²) in [6.07, 6.45) is 0.386. The van der Waals surface area contributed by atoms with Crippen LogP contribution in [0.1, 0.15) is 32.8 Å². The van der Waals surface area contributed by atoms with Crippen molar-refractivity contribution in [3.63, 3.8) is 0 Å². The Morgan fingerprint density at radius 2 is 1.76 bits per heavy atom. The number of nitrogens with zero attached hydrogens (tertiary/aromatic N) is 1. The Kier molecular flexibility index (Phi) is 7.29. The van der Waals surface area contributed by atoms with Crippen molar-refractivity contribution in [2.24, 2.45) is 0 Å². The maximum Gasteiger partial charge on any atom is 0.415 e. The van der Waals surface area contributed by atoms with Crippen LogP contribution in [0.25, 0.3) is 0 Å². The molecule has 1 aromatic carbocycles. The van der Waals surface area contributed by atoms with Crippen molar-refractivity contribution in [1.29, 1.82) is 0 Å². The van der Waals surface area contributed by atoms with Crippen molar-refractivity contribution in [3.05, 3.63) is 29.8 Å². The number of aryl methyl sites for hydroxylation is 1. The van der Waals surface area contributed by atoms with Gasteiger partial charge in [0.2, 0.25) is 0 Å². The summed E-state index contributed by atoms with van der Waals surface area (Å²) in [5, 5.41) is 0. The molecule has 0 saturated carbocycles. The Morgan fingerprint density at radius 3 is 2.38 bits per heavy atom. The van der Waals surface area contributed by atoms with E-state index in [1.807, 2.05) is 26.0 Å². The molecule has 0 fully saturated rings. The number of esters is 1. The number of hydrogen-bond acceptors (Lipinski definition) is 4. The van der Waals surface area contributed by atoms with Gasteiger partial charge in [0.15, 0.2) is 0 Å². The van der Waals surface area contributed by atoms with Crippen molar-refractivity contribution in [2.45, 2.75) is 33.6 Å². The average Bonchev–Trinajstić information content (AvgIpc) is 2.48. The van der Waals surface area contributed by atoms with Gasteiger partial charge in [0.25, 0.3) is 0 Å². The molecule has 0 radical (unpaired) electrons. The highest BCUT2D eigenvalue weighted by molar-refractivity contribution is 5.72. The maximum atomic E-state index is 12.0. The van der Waals surface area contributed by atoms with Gasteiger partial charge in [-0.15, -0.1) is 0 Å². The van der Waals surface area contributed by atoms with Crippen LogP contribution in [0.4, 0.5) is 4.79 Å². The van der Waals surface area contributed by atoms with Crippen molar-refractivity contribution in [2.75, 3.05) is 19.7 Å². The molecule has 0 aliphatic carbocycles. The van der Waals surface area contributed by atoms with Crippen LogP contribution in [0.3, 0.4) is 0 Å². The van der Waals surface area contributed by atoms with Gasteiger partial charge < -0.3 is 14.4 Å². The molecule has 0 saturated heterocycles. The van der Waals surface area contributed by atoms with Crippen LogP contribution in [0.2, 0.25) is 0 Å². The number of rotatable bonds is 7. The van der Waals surface area contributed by atoms with E-state index in [-0.39, 0.29) is 18.5 Å². The van der Waals surface area contributed by atoms with Gasteiger partial charge in [0.05, 0.1) is 6.61 Å². The fourth-order valence-electron chi connectivity index (χ4n) is 1.92. The molecule has 116 valence electrons. The number of hydrogen-bond donors (Lipinski definition) is 0. The lowest BCUT2D eigenvalue weighted by Crippen LogP contribution is -2.33. The van der Waals surface area contributed by atoms with Gasteiger partial charge in [-0.25, -0.2) is 4.79 Å². The second-order valence-electron chi connectivity index (χ2n) is 4.45. The molecule has 0 bridgehead atoms. The number of benzene rings is 1. The third-order valence-corrected chi connectivity index (χ3v) is 3.10. The first-order chi connectivity index (χ1) is 10.1. The number of carbonyl (C=O) groups excluding carboxylic acids is 2. The van der Waals surface area contributed by atoms with E-state index < -0.39 is 0 Å². The number of para-hydroxylation sites is 1. The van der Waals surface area contributed by atoms with E-state index in [4.69, 9.17) is 9.47 Å². The number of carbonyl (C=O) groups is 2. The highest BCUT2D eigenvalue weighted by atomic mass is 16.6. The Bertz CT molecular complexity index is 469. The van der Waals surface area contributed by atoms with Gasteiger partial charge in [0, 0.05) is 19.5 Å². The lowest BCUT2D eigenvalue weighted by Gasteiger charge is -2.19. The van der Waals surface area contributed by atoms with E-state index in [1.165, 1.54) is 0 Å². The summed E-state index contributed by atoms with van der Waals surface area (Å²) in [5.74, 6) is 0.251. The smallest absolute Gasteiger partial charge is 0.415 e. The SMILES string of the molecule is CCOC(=O)CCc1ccccc1OC(=O)N(CC)CC. The summed E-state index contributed by atoms with van der Waals surface area (Å²) >= 11 is 0. The van der Waals surface area contributed by atoms with Gasteiger partial charge in [0.1, 0.15) is 5.75 Å². The summed E-state index contributed by atoms with van der Waals surface area (Å²) in [6.45, 7) is 7.14. The van der Waals surface area contributed by atoms with Crippen molar-refractivity contribution in [3.8, 4) is 5.75 Å². The second kappa shape index (κ2) is 9.00. The molecule has 0 unspecified atom stereocenters. The predicted molar refractivity (Wildman–Crippen MR) is 80.3 cm³/mol. The molecule has 0 aromatic heterocycles. The summed E-state index contributed by atoms with van der Waals surface area (Å²) in [4.78, 5) is 25.0. The van der Waals surface area contributed by atoms with Crippen LogP contribution in [-0.4, -0.2) is 36.7 Å². The largest absolute Gasteiger partial charge is 0.466 e. The first-order valence-electron chi connectivity index (χ1n) is 7.32. The highest BCUT2D eigenvalue weighted by Gasteiger charge is 2.14. The van der Waals surface area contributed by atoms with E-state index in [9.17, 15) is 9.59 Å². The Morgan fingerprint density at radius 1 is 1.10 bits per heavy atom. The molecule has 0 N–H and O–H groups in total. The van der Waals surface area contributed by atoms with Crippen LogP contribution in [-0.2, 0) is 16.0 Å². The molecule has 21 heavy (non-hydrogen) atoms. The van der Waals surface area contributed by atoms with E-state index in [0.29, 0.717) is 31.9 Å². The van der Waals surface area contributed by atoms with Gasteiger partial charge in [-0.05, 0) is 38.8 Å². The van der Waals surface area contributed by atoms with Crippen molar-refractivity contribution >= 4 is 12.1 Å². The van der Waals surface area contributed by atoms with Crippen LogP contribution in [0.15, 0.2) is 24.3 Å². The molecular formula is C16H23NO4. The Balaban J connectivity index is 2.70. The average molecular weight is 293 g/mol.